The summed E-state index contributed by atoms with van der Waals surface area (Å²) in [4.78, 5) is 53.9. The highest BCUT2D eigenvalue weighted by Crippen LogP contribution is 2.32. The van der Waals surface area contributed by atoms with Gasteiger partial charge in [0.25, 0.3) is 5.56 Å². The molecule has 1 aromatic heterocycles. The number of aromatic nitrogens is 2. The average Bonchev–Trinajstić information content (AvgIpc) is 3.21. The van der Waals surface area contributed by atoms with Gasteiger partial charge in [0.15, 0.2) is 0 Å². The zero-order valence-corrected chi connectivity index (χ0v) is 16.3. The third-order valence-electron chi connectivity index (χ3n) is 6.39. The lowest BCUT2D eigenvalue weighted by Crippen LogP contribution is -2.46. The Hall–Kier alpha value is -2.90. The maximum atomic E-state index is 12.8. The van der Waals surface area contributed by atoms with Crippen LogP contribution in [0.2, 0.25) is 0 Å². The number of nitrogens with two attached hydrogens (primary N) is 1. The van der Waals surface area contributed by atoms with Gasteiger partial charge in [-0.25, -0.2) is 4.79 Å². The minimum atomic E-state index is -0.477. The van der Waals surface area contributed by atoms with Crippen LogP contribution >= 0.6 is 0 Å². The topological polar surface area (TPSA) is 118 Å². The second kappa shape index (κ2) is 7.85. The number of H-pyrrole nitrogens is 1. The SMILES string of the molecule is NC(=O)[C@@H]1CCCN1C(=O)C1CCC(Cn2c(=O)[nH]c3ccccc3c2=O)CC1. The second-order valence-corrected chi connectivity index (χ2v) is 8.20. The number of likely N-dealkylation sites (tertiary alicyclic amines) is 1. The number of para-hydroxylation sites is 1. The number of benzene rings is 1. The van der Waals surface area contributed by atoms with Crippen molar-refractivity contribution in [1.29, 1.82) is 0 Å². The van der Waals surface area contributed by atoms with E-state index in [1.807, 2.05) is 0 Å². The summed E-state index contributed by atoms with van der Waals surface area (Å²) < 4.78 is 1.28. The van der Waals surface area contributed by atoms with Gasteiger partial charge >= 0.3 is 5.69 Å². The maximum Gasteiger partial charge on any atom is 0.328 e. The molecule has 1 saturated carbocycles. The van der Waals surface area contributed by atoms with Gasteiger partial charge in [-0.15, -0.1) is 0 Å². The van der Waals surface area contributed by atoms with Crippen LogP contribution in [0.25, 0.3) is 10.9 Å². The summed E-state index contributed by atoms with van der Waals surface area (Å²) in [7, 11) is 0. The molecule has 0 radical (unpaired) electrons. The number of hydrogen-bond acceptors (Lipinski definition) is 4. The van der Waals surface area contributed by atoms with Gasteiger partial charge in [0, 0.05) is 19.0 Å². The number of aromatic amines is 1. The van der Waals surface area contributed by atoms with Gasteiger partial charge in [-0.1, -0.05) is 12.1 Å². The van der Waals surface area contributed by atoms with Gasteiger partial charge in [0.05, 0.1) is 10.9 Å². The Labute approximate surface area is 167 Å². The molecule has 1 atom stereocenters. The fraction of sp³-hybridized carbons (Fsp3) is 0.524. The Kier molecular flexibility index (Phi) is 5.25. The molecule has 2 aliphatic rings. The Morgan fingerprint density at radius 2 is 1.79 bits per heavy atom. The van der Waals surface area contributed by atoms with Gasteiger partial charge in [-0.05, 0) is 56.6 Å². The highest BCUT2D eigenvalue weighted by Gasteiger charge is 2.37. The zero-order valence-electron chi connectivity index (χ0n) is 16.3. The molecule has 2 aromatic rings. The van der Waals surface area contributed by atoms with E-state index in [1.54, 1.807) is 29.2 Å². The van der Waals surface area contributed by atoms with E-state index in [0.29, 0.717) is 43.3 Å². The van der Waals surface area contributed by atoms with Crippen LogP contribution in [0.4, 0.5) is 0 Å². The van der Waals surface area contributed by atoms with Crippen molar-refractivity contribution in [3.63, 3.8) is 0 Å². The van der Waals surface area contributed by atoms with Crippen molar-refractivity contribution in [3.05, 3.63) is 45.1 Å². The van der Waals surface area contributed by atoms with Crippen LogP contribution in [0.15, 0.2) is 33.9 Å². The third kappa shape index (κ3) is 3.71. The molecule has 0 bridgehead atoms. The molecule has 2 fully saturated rings. The van der Waals surface area contributed by atoms with Crippen molar-refractivity contribution >= 4 is 22.7 Å². The molecule has 0 unspecified atom stereocenters. The molecule has 1 saturated heterocycles. The first-order valence-electron chi connectivity index (χ1n) is 10.3. The summed E-state index contributed by atoms with van der Waals surface area (Å²) in [6, 6.07) is 6.52. The largest absolute Gasteiger partial charge is 0.368 e. The molecule has 2 amide bonds. The van der Waals surface area contributed by atoms with Gasteiger partial charge in [0.1, 0.15) is 6.04 Å². The number of primary amides is 1. The van der Waals surface area contributed by atoms with Crippen molar-refractivity contribution in [2.75, 3.05) is 6.54 Å². The molecule has 2 heterocycles. The summed E-state index contributed by atoms with van der Waals surface area (Å²) in [5.74, 6) is -0.354. The molecule has 1 aliphatic heterocycles. The lowest BCUT2D eigenvalue weighted by molar-refractivity contribution is -0.141. The fourth-order valence-corrected chi connectivity index (χ4v) is 4.78. The molecule has 1 aromatic carbocycles. The van der Waals surface area contributed by atoms with Crippen LogP contribution in [0.1, 0.15) is 38.5 Å². The van der Waals surface area contributed by atoms with E-state index >= 15 is 0 Å². The number of nitrogens with zero attached hydrogens (tertiary/aromatic N) is 2. The van der Waals surface area contributed by atoms with E-state index in [1.165, 1.54) is 4.57 Å². The molecule has 8 heteroatoms. The lowest BCUT2D eigenvalue weighted by atomic mass is 9.81. The normalized spacial score (nSPS) is 24.7. The second-order valence-electron chi connectivity index (χ2n) is 8.20. The highest BCUT2D eigenvalue weighted by atomic mass is 16.2. The summed E-state index contributed by atoms with van der Waals surface area (Å²) in [5.41, 5.74) is 5.31. The number of rotatable bonds is 4. The summed E-state index contributed by atoms with van der Waals surface area (Å²) in [6.45, 7) is 0.946. The van der Waals surface area contributed by atoms with Crippen molar-refractivity contribution in [2.45, 2.75) is 51.1 Å². The Balaban J connectivity index is 1.43. The van der Waals surface area contributed by atoms with Gasteiger partial charge in [0.2, 0.25) is 11.8 Å². The number of fused-ring (bicyclic) bond motifs is 1. The number of hydrogen-bond donors (Lipinski definition) is 2. The molecule has 29 heavy (non-hydrogen) atoms. The molecule has 3 N–H and O–H groups in total. The van der Waals surface area contributed by atoms with Crippen molar-refractivity contribution in [1.82, 2.24) is 14.5 Å². The van der Waals surface area contributed by atoms with Crippen LogP contribution in [0, 0.1) is 11.8 Å². The Bertz CT molecular complexity index is 1050. The predicted molar refractivity (Wildman–Crippen MR) is 108 cm³/mol. The Morgan fingerprint density at radius 1 is 1.07 bits per heavy atom. The van der Waals surface area contributed by atoms with Crippen molar-refractivity contribution < 1.29 is 9.59 Å². The molecular formula is C21H26N4O4. The van der Waals surface area contributed by atoms with Crippen LogP contribution in [-0.2, 0) is 16.1 Å². The number of carbonyl (C=O) groups excluding carboxylic acids is 2. The number of carbonyl (C=O) groups is 2. The minimum absolute atomic E-state index is 0.0190. The minimum Gasteiger partial charge on any atom is -0.368 e. The monoisotopic (exact) mass is 398 g/mol. The molecular weight excluding hydrogens is 372 g/mol. The number of nitrogens with one attached hydrogen (secondary N) is 1. The van der Waals surface area contributed by atoms with Crippen molar-refractivity contribution in [3.8, 4) is 0 Å². The van der Waals surface area contributed by atoms with Crippen LogP contribution in [-0.4, -0.2) is 38.9 Å². The van der Waals surface area contributed by atoms with Crippen molar-refractivity contribution in [2.24, 2.45) is 17.6 Å². The Morgan fingerprint density at radius 3 is 2.52 bits per heavy atom. The van der Waals surface area contributed by atoms with E-state index in [2.05, 4.69) is 4.98 Å². The smallest absolute Gasteiger partial charge is 0.328 e. The molecule has 154 valence electrons. The van der Waals surface area contributed by atoms with Crippen LogP contribution < -0.4 is 17.0 Å². The van der Waals surface area contributed by atoms with E-state index in [4.69, 9.17) is 5.73 Å². The van der Waals surface area contributed by atoms with E-state index in [-0.39, 0.29) is 23.3 Å². The quantitative estimate of drug-likeness (QED) is 0.798. The summed E-state index contributed by atoms with van der Waals surface area (Å²) in [5, 5.41) is 0.502. The molecule has 4 rings (SSSR count). The predicted octanol–water partition coefficient (Wildman–Crippen LogP) is 0.972. The van der Waals surface area contributed by atoms with E-state index in [9.17, 15) is 19.2 Å². The average molecular weight is 398 g/mol. The van der Waals surface area contributed by atoms with E-state index < -0.39 is 17.6 Å². The lowest BCUT2D eigenvalue weighted by Gasteiger charge is -2.32. The molecule has 1 aliphatic carbocycles. The zero-order chi connectivity index (χ0) is 20.5. The number of amides is 2. The van der Waals surface area contributed by atoms with Crippen LogP contribution in [0.5, 0.6) is 0 Å². The third-order valence-corrected chi connectivity index (χ3v) is 6.39. The van der Waals surface area contributed by atoms with Gasteiger partial charge in [-0.3, -0.25) is 19.0 Å². The van der Waals surface area contributed by atoms with Gasteiger partial charge < -0.3 is 15.6 Å². The highest BCUT2D eigenvalue weighted by molar-refractivity contribution is 5.88. The first kappa shape index (κ1) is 19.4. The first-order chi connectivity index (χ1) is 14.0. The van der Waals surface area contributed by atoms with Gasteiger partial charge in [-0.2, -0.15) is 0 Å². The fourth-order valence-electron chi connectivity index (χ4n) is 4.78. The maximum absolute atomic E-state index is 12.8. The first-order valence-corrected chi connectivity index (χ1v) is 10.3. The standard InChI is InChI=1S/C21H26N4O4/c22-18(26)17-6-3-11-24(17)19(27)14-9-7-13(8-10-14)12-25-20(28)15-4-1-2-5-16(15)23-21(25)29/h1-2,4-5,13-14,17H,3,6-12H2,(H2,22,26)(H,23,29)/t13?,14?,17-/m0/s1. The van der Waals surface area contributed by atoms with Crippen LogP contribution in [0.3, 0.4) is 0 Å². The molecule has 0 spiro atoms. The summed E-state index contributed by atoms with van der Waals surface area (Å²) >= 11 is 0. The summed E-state index contributed by atoms with van der Waals surface area (Å²) in [6.07, 6.45) is 4.39. The van der Waals surface area contributed by atoms with E-state index in [0.717, 1.165) is 19.3 Å². The molecule has 8 nitrogen and oxygen atoms in total.